The van der Waals surface area contributed by atoms with Crippen LogP contribution < -0.4 is 0 Å². The van der Waals surface area contributed by atoms with Crippen LogP contribution in [0.4, 0.5) is 0 Å². The maximum absolute atomic E-state index is 11.6. The van der Waals surface area contributed by atoms with Crippen LogP contribution in [0.2, 0.25) is 0 Å². The standard InChI is InChI=1S/C15H22O3/c1-11(6-8-16)5-7-15(18)12(2)9-13(17)10-14(15,3)4/h6,12,16,18H,8-10H2,1-4H3/b11-6-/t12-,15?/m0/s1. The lowest BCUT2D eigenvalue weighted by Crippen LogP contribution is -2.53. The molecule has 1 fully saturated rings. The number of carbonyl (C=O) groups is 1. The number of Topliss-reactive ketones (excluding diaryl/α,β-unsaturated/α-hetero) is 1. The van der Waals surface area contributed by atoms with Gasteiger partial charge in [-0.2, -0.15) is 0 Å². The van der Waals surface area contributed by atoms with E-state index in [9.17, 15) is 9.90 Å². The van der Waals surface area contributed by atoms with E-state index in [0.717, 1.165) is 5.57 Å². The van der Waals surface area contributed by atoms with Gasteiger partial charge in [-0.05, 0) is 18.6 Å². The van der Waals surface area contributed by atoms with E-state index in [0.29, 0.717) is 12.8 Å². The molecule has 0 saturated heterocycles. The highest BCUT2D eigenvalue weighted by molar-refractivity contribution is 5.81. The Balaban J connectivity index is 3.09. The third-order valence-electron chi connectivity index (χ3n) is 3.77. The lowest BCUT2D eigenvalue weighted by Gasteiger charge is -2.46. The van der Waals surface area contributed by atoms with Crippen LogP contribution in [0, 0.1) is 23.2 Å². The average molecular weight is 250 g/mol. The minimum absolute atomic E-state index is 0.0592. The fraction of sp³-hybridized carbons (Fsp3) is 0.667. The highest BCUT2D eigenvalue weighted by Crippen LogP contribution is 2.45. The lowest BCUT2D eigenvalue weighted by molar-refractivity contribution is -0.140. The molecule has 2 N–H and O–H groups in total. The number of ketones is 1. The summed E-state index contributed by atoms with van der Waals surface area (Å²) in [6.45, 7) is 7.34. The van der Waals surface area contributed by atoms with Crippen molar-refractivity contribution >= 4 is 5.78 Å². The zero-order chi connectivity index (χ0) is 14.0. The summed E-state index contributed by atoms with van der Waals surface area (Å²) in [5, 5.41) is 19.6. The summed E-state index contributed by atoms with van der Waals surface area (Å²) >= 11 is 0. The van der Waals surface area contributed by atoms with E-state index < -0.39 is 11.0 Å². The van der Waals surface area contributed by atoms with Crippen LogP contribution in [0.3, 0.4) is 0 Å². The molecular weight excluding hydrogens is 228 g/mol. The quantitative estimate of drug-likeness (QED) is 0.696. The number of allylic oxidation sites excluding steroid dienone is 1. The van der Waals surface area contributed by atoms with Gasteiger partial charge in [0.25, 0.3) is 0 Å². The number of hydrogen-bond acceptors (Lipinski definition) is 3. The van der Waals surface area contributed by atoms with E-state index in [-0.39, 0.29) is 18.3 Å². The highest BCUT2D eigenvalue weighted by atomic mass is 16.3. The summed E-state index contributed by atoms with van der Waals surface area (Å²) in [7, 11) is 0. The summed E-state index contributed by atoms with van der Waals surface area (Å²) < 4.78 is 0. The summed E-state index contributed by atoms with van der Waals surface area (Å²) in [6.07, 6.45) is 2.32. The summed E-state index contributed by atoms with van der Waals surface area (Å²) in [6, 6.07) is 0. The summed E-state index contributed by atoms with van der Waals surface area (Å²) in [5.41, 5.74) is -0.981. The minimum atomic E-state index is -1.16. The van der Waals surface area contributed by atoms with Gasteiger partial charge in [0.2, 0.25) is 0 Å². The molecule has 100 valence electrons. The second-order valence-corrected chi connectivity index (χ2v) is 5.79. The fourth-order valence-electron chi connectivity index (χ4n) is 2.53. The summed E-state index contributed by atoms with van der Waals surface area (Å²) in [4.78, 5) is 11.6. The van der Waals surface area contributed by atoms with Crippen molar-refractivity contribution in [2.75, 3.05) is 6.61 Å². The third-order valence-corrected chi connectivity index (χ3v) is 3.77. The van der Waals surface area contributed by atoms with Gasteiger partial charge in [0.1, 0.15) is 11.4 Å². The van der Waals surface area contributed by atoms with Gasteiger partial charge >= 0.3 is 0 Å². The molecule has 1 saturated carbocycles. The van der Waals surface area contributed by atoms with E-state index in [1.54, 1.807) is 13.0 Å². The van der Waals surface area contributed by atoms with E-state index in [1.807, 2.05) is 20.8 Å². The first-order valence-electron chi connectivity index (χ1n) is 6.28. The molecule has 0 aromatic carbocycles. The molecule has 1 aliphatic carbocycles. The summed E-state index contributed by atoms with van der Waals surface area (Å²) in [5.74, 6) is 5.81. The predicted molar refractivity (Wildman–Crippen MR) is 70.8 cm³/mol. The van der Waals surface area contributed by atoms with Crippen LogP contribution in [-0.2, 0) is 4.79 Å². The van der Waals surface area contributed by atoms with Gasteiger partial charge in [0, 0.05) is 24.2 Å². The van der Waals surface area contributed by atoms with Crippen molar-refractivity contribution in [1.82, 2.24) is 0 Å². The molecule has 0 aliphatic heterocycles. The van der Waals surface area contributed by atoms with Crippen molar-refractivity contribution < 1.29 is 15.0 Å². The van der Waals surface area contributed by atoms with E-state index >= 15 is 0 Å². The van der Waals surface area contributed by atoms with Crippen molar-refractivity contribution in [1.29, 1.82) is 0 Å². The van der Waals surface area contributed by atoms with Gasteiger partial charge in [0.15, 0.2) is 0 Å². The van der Waals surface area contributed by atoms with Gasteiger partial charge in [-0.15, -0.1) is 0 Å². The average Bonchev–Trinajstić information content (AvgIpc) is 2.23. The molecule has 0 aromatic rings. The number of aliphatic hydroxyl groups is 2. The molecule has 3 heteroatoms. The van der Waals surface area contributed by atoms with Crippen molar-refractivity contribution in [3.8, 4) is 11.8 Å². The van der Waals surface area contributed by atoms with Crippen LogP contribution >= 0.6 is 0 Å². The Morgan fingerprint density at radius 2 is 2.17 bits per heavy atom. The van der Waals surface area contributed by atoms with Crippen molar-refractivity contribution in [2.24, 2.45) is 11.3 Å². The zero-order valence-electron chi connectivity index (χ0n) is 11.6. The Kier molecular flexibility index (Phi) is 4.37. The molecule has 0 amide bonds. The number of aliphatic hydroxyl groups excluding tert-OH is 1. The van der Waals surface area contributed by atoms with Gasteiger partial charge in [-0.25, -0.2) is 0 Å². The number of hydrogen-bond donors (Lipinski definition) is 2. The second-order valence-electron chi connectivity index (χ2n) is 5.79. The maximum Gasteiger partial charge on any atom is 0.134 e. The van der Waals surface area contributed by atoms with Crippen molar-refractivity contribution in [3.63, 3.8) is 0 Å². The monoisotopic (exact) mass is 250 g/mol. The lowest BCUT2D eigenvalue weighted by atomic mass is 9.60. The molecule has 0 bridgehead atoms. The number of rotatable bonds is 1. The first kappa shape index (κ1) is 14.9. The van der Waals surface area contributed by atoms with Crippen molar-refractivity contribution in [2.45, 2.75) is 46.1 Å². The minimum Gasteiger partial charge on any atom is -0.392 e. The normalized spacial score (nSPS) is 31.8. The first-order chi connectivity index (χ1) is 8.23. The maximum atomic E-state index is 11.6. The smallest absolute Gasteiger partial charge is 0.134 e. The van der Waals surface area contributed by atoms with Crippen LogP contribution in [0.5, 0.6) is 0 Å². The third kappa shape index (κ3) is 2.82. The Hall–Kier alpha value is -1.11. The first-order valence-corrected chi connectivity index (χ1v) is 6.28. The Bertz CT molecular complexity index is 423. The molecule has 0 heterocycles. The van der Waals surface area contributed by atoms with E-state index in [1.165, 1.54) is 0 Å². The Labute approximate surface area is 109 Å². The van der Waals surface area contributed by atoms with Gasteiger partial charge in [-0.3, -0.25) is 4.79 Å². The molecule has 3 nitrogen and oxygen atoms in total. The predicted octanol–water partition coefficient (Wildman–Crippen LogP) is 1.68. The fourth-order valence-corrected chi connectivity index (χ4v) is 2.53. The molecule has 0 spiro atoms. The highest BCUT2D eigenvalue weighted by Gasteiger charge is 2.51. The number of carbonyl (C=O) groups excluding carboxylic acids is 1. The largest absolute Gasteiger partial charge is 0.392 e. The molecular formula is C15H22O3. The molecule has 2 atom stereocenters. The molecule has 1 rings (SSSR count). The Morgan fingerprint density at radius 3 is 2.67 bits per heavy atom. The molecule has 18 heavy (non-hydrogen) atoms. The van der Waals surface area contributed by atoms with Crippen molar-refractivity contribution in [3.05, 3.63) is 11.6 Å². The van der Waals surface area contributed by atoms with Crippen LogP contribution in [0.25, 0.3) is 0 Å². The van der Waals surface area contributed by atoms with E-state index in [2.05, 4.69) is 11.8 Å². The molecule has 0 aromatic heterocycles. The van der Waals surface area contributed by atoms with Crippen LogP contribution in [-0.4, -0.2) is 28.2 Å². The molecule has 1 unspecified atom stereocenters. The molecule has 1 aliphatic rings. The van der Waals surface area contributed by atoms with E-state index in [4.69, 9.17) is 5.11 Å². The Morgan fingerprint density at radius 1 is 1.56 bits per heavy atom. The second kappa shape index (κ2) is 5.26. The SMILES string of the molecule is C/C(C#CC1(O)[C@@H](C)CC(=O)CC1(C)C)=C/CO. The molecule has 0 radical (unpaired) electrons. The zero-order valence-corrected chi connectivity index (χ0v) is 11.6. The van der Waals surface area contributed by atoms with Crippen LogP contribution in [0.15, 0.2) is 11.6 Å². The van der Waals surface area contributed by atoms with Gasteiger partial charge in [0.05, 0.1) is 6.61 Å². The van der Waals surface area contributed by atoms with Gasteiger partial charge in [-0.1, -0.05) is 32.6 Å². The van der Waals surface area contributed by atoms with Crippen LogP contribution in [0.1, 0.15) is 40.5 Å². The topological polar surface area (TPSA) is 57.5 Å². The van der Waals surface area contributed by atoms with Gasteiger partial charge < -0.3 is 10.2 Å².